The van der Waals surface area contributed by atoms with Gasteiger partial charge in [-0.25, -0.2) is 0 Å². The van der Waals surface area contributed by atoms with E-state index < -0.39 is 0 Å². The fourth-order valence-corrected chi connectivity index (χ4v) is 2.40. The molecule has 0 radical (unpaired) electrons. The van der Waals surface area contributed by atoms with Crippen LogP contribution in [-0.2, 0) is 0 Å². The fourth-order valence-electron chi connectivity index (χ4n) is 2.40. The number of hydrogen-bond donors (Lipinski definition) is 1. The SMILES string of the molecule is CCNC(CC)c1ccc(-c2ccc(C)cc2)cc1. The predicted molar refractivity (Wildman–Crippen MR) is 83.3 cm³/mol. The minimum Gasteiger partial charge on any atom is -0.310 e. The average Bonchev–Trinajstić information content (AvgIpc) is 2.46. The van der Waals surface area contributed by atoms with E-state index in [4.69, 9.17) is 0 Å². The fraction of sp³-hybridized carbons (Fsp3) is 0.333. The second-order valence-electron chi connectivity index (χ2n) is 5.01. The smallest absolute Gasteiger partial charge is 0.0317 e. The van der Waals surface area contributed by atoms with Crippen LogP contribution >= 0.6 is 0 Å². The van der Waals surface area contributed by atoms with E-state index in [-0.39, 0.29) is 0 Å². The Morgan fingerprint density at radius 2 is 1.37 bits per heavy atom. The molecule has 1 N–H and O–H groups in total. The monoisotopic (exact) mass is 253 g/mol. The van der Waals surface area contributed by atoms with Gasteiger partial charge in [-0.1, -0.05) is 67.9 Å². The molecule has 0 fully saturated rings. The summed E-state index contributed by atoms with van der Waals surface area (Å²) in [5, 5.41) is 3.52. The molecule has 2 aromatic rings. The van der Waals surface area contributed by atoms with Gasteiger partial charge in [0.25, 0.3) is 0 Å². The van der Waals surface area contributed by atoms with E-state index in [0.29, 0.717) is 6.04 Å². The van der Waals surface area contributed by atoms with Crippen LogP contribution in [0, 0.1) is 6.92 Å². The van der Waals surface area contributed by atoms with Crippen LogP contribution in [0.5, 0.6) is 0 Å². The van der Waals surface area contributed by atoms with Gasteiger partial charge in [-0.05, 0) is 36.6 Å². The van der Waals surface area contributed by atoms with Crippen molar-refractivity contribution in [3.63, 3.8) is 0 Å². The number of nitrogens with one attached hydrogen (secondary N) is 1. The van der Waals surface area contributed by atoms with Gasteiger partial charge in [0.1, 0.15) is 0 Å². The van der Waals surface area contributed by atoms with E-state index in [9.17, 15) is 0 Å². The minimum atomic E-state index is 0.470. The molecule has 0 aromatic heterocycles. The summed E-state index contributed by atoms with van der Waals surface area (Å²) < 4.78 is 0. The summed E-state index contributed by atoms with van der Waals surface area (Å²) in [5.74, 6) is 0. The second-order valence-corrected chi connectivity index (χ2v) is 5.01. The molecule has 0 heterocycles. The molecule has 0 aliphatic carbocycles. The Labute approximate surface area is 116 Å². The van der Waals surface area contributed by atoms with Gasteiger partial charge in [-0.2, -0.15) is 0 Å². The van der Waals surface area contributed by atoms with Gasteiger partial charge in [0.05, 0.1) is 0 Å². The van der Waals surface area contributed by atoms with E-state index >= 15 is 0 Å². The lowest BCUT2D eigenvalue weighted by Gasteiger charge is -2.16. The molecule has 0 aliphatic heterocycles. The van der Waals surface area contributed by atoms with Crippen molar-refractivity contribution >= 4 is 0 Å². The first-order valence-electron chi connectivity index (χ1n) is 7.15. The summed E-state index contributed by atoms with van der Waals surface area (Å²) in [5.41, 5.74) is 5.25. The number of rotatable bonds is 5. The van der Waals surface area contributed by atoms with Gasteiger partial charge in [-0.15, -0.1) is 0 Å². The van der Waals surface area contributed by atoms with Crippen molar-refractivity contribution in [2.24, 2.45) is 0 Å². The predicted octanol–water partition coefficient (Wildman–Crippen LogP) is 4.72. The molecule has 2 rings (SSSR count). The third kappa shape index (κ3) is 3.45. The molecule has 1 unspecified atom stereocenters. The molecule has 1 heteroatoms. The summed E-state index contributed by atoms with van der Waals surface area (Å²) in [4.78, 5) is 0. The van der Waals surface area contributed by atoms with Crippen molar-refractivity contribution in [3.8, 4) is 11.1 Å². The van der Waals surface area contributed by atoms with Gasteiger partial charge in [0, 0.05) is 6.04 Å². The van der Waals surface area contributed by atoms with E-state index in [0.717, 1.165) is 13.0 Å². The van der Waals surface area contributed by atoms with Crippen LogP contribution in [0.1, 0.15) is 37.4 Å². The van der Waals surface area contributed by atoms with Crippen LogP contribution in [0.15, 0.2) is 48.5 Å². The Bertz CT molecular complexity index is 496. The van der Waals surface area contributed by atoms with Gasteiger partial charge in [0.2, 0.25) is 0 Å². The third-order valence-electron chi connectivity index (χ3n) is 3.56. The Balaban J connectivity index is 2.20. The molecule has 1 nitrogen and oxygen atoms in total. The molecule has 0 saturated carbocycles. The molecule has 0 spiro atoms. The van der Waals surface area contributed by atoms with Crippen LogP contribution in [0.3, 0.4) is 0 Å². The number of benzene rings is 2. The normalized spacial score (nSPS) is 12.4. The lowest BCUT2D eigenvalue weighted by Crippen LogP contribution is -2.19. The van der Waals surface area contributed by atoms with Crippen LogP contribution in [0.25, 0.3) is 11.1 Å². The molecule has 19 heavy (non-hydrogen) atoms. The summed E-state index contributed by atoms with van der Waals surface area (Å²) in [6, 6.07) is 18.1. The number of aryl methyl sites for hydroxylation is 1. The average molecular weight is 253 g/mol. The van der Waals surface area contributed by atoms with E-state index in [1.807, 2.05) is 0 Å². The lowest BCUT2D eigenvalue weighted by molar-refractivity contribution is 0.537. The topological polar surface area (TPSA) is 12.0 Å². The summed E-state index contributed by atoms with van der Waals surface area (Å²) >= 11 is 0. The Kier molecular flexibility index (Phi) is 4.75. The molecular formula is C18H23N. The lowest BCUT2D eigenvalue weighted by atomic mass is 9.99. The summed E-state index contributed by atoms with van der Waals surface area (Å²) in [6.45, 7) is 7.51. The van der Waals surface area contributed by atoms with Gasteiger partial charge in [0.15, 0.2) is 0 Å². The molecule has 0 bridgehead atoms. The summed E-state index contributed by atoms with van der Waals surface area (Å²) in [7, 11) is 0. The Morgan fingerprint density at radius 3 is 1.84 bits per heavy atom. The first-order valence-corrected chi connectivity index (χ1v) is 7.15. The van der Waals surface area contributed by atoms with Crippen LogP contribution in [0.2, 0.25) is 0 Å². The third-order valence-corrected chi connectivity index (χ3v) is 3.56. The van der Waals surface area contributed by atoms with Crippen molar-refractivity contribution < 1.29 is 0 Å². The largest absolute Gasteiger partial charge is 0.310 e. The van der Waals surface area contributed by atoms with Crippen LogP contribution in [-0.4, -0.2) is 6.54 Å². The Morgan fingerprint density at radius 1 is 0.842 bits per heavy atom. The first-order chi connectivity index (χ1) is 9.24. The maximum absolute atomic E-state index is 3.52. The van der Waals surface area contributed by atoms with Gasteiger partial charge >= 0.3 is 0 Å². The second kappa shape index (κ2) is 6.53. The van der Waals surface area contributed by atoms with Gasteiger partial charge < -0.3 is 5.32 Å². The molecule has 100 valence electrons. The zero-order chi connectivity index (χ0) is 13.7. The highest BCUT2D eigenvalue weighted by molar-refractivity contribution is 5.64. The van der Waals surface area contributed by atoms with Crippen molar-refractivity contribution in [3.05, 3.63) is 59.7 Å². The zero-order valence-corrected chi connectivity index (χ0v) is 12.1. The molecule has 1 atom stereocenters. The van der Waals surface area contributed by atoms with Crippen molar-refractivity contribution in [2.75, 3.05) is 6.54 Å². The Hall–Kier alpha value is -1.60. The van der Waals surface area contributed by atoms with Crippen molar-refractivity contribution in [1.82, 2.24) is 5.32 Å². The van der Waals surface area contributed by atoms with Crippen LogP contribution < -0.4 is 5.32 Å². The molecule has 0 aliphatic rings. The standard InChI is InChI=1S/C18H23N/c1-4-18(19-5-2)17-12-10-16(11-13-17)15-8-6-14(3)7-9-15/h6-13,18-19H,4-5H2,1-3H3. The maximum atomic E-state index is 3.52. The molecule has 0 saturated heterocycles. The van der Waals surface area contributed by atoms with E-state index in [1.165, 1.54) is 22.3 Å². The number of hydrogen-bond acceptors (Lipinski definition) is 1. The molecule has 0 amide bonds. The van der Waals surface area contributed by atoms with E-state index in [1.54, 1.807) is 0 Å². The van der Waals surface area contributed by atoms with Crippen molar-refractivity contribution in [1.29, 1.82) is 0 Å². The van der Waals surface area contributed by atoms with Crippen LogP contribution in [0.4, 0.5) is 0 Å². The summed E-state index contributed by atoms with van der Waals surface area (Å²) in [6.07, 6.45) is 1.12. The first kappa shape index (κ1) is 13.8. The van der Waals surface area contributed by atoms with Gasteiger partial charge in [-0.3, -0.25) is 0 Å². The zero-order valence-electron chi connectivity index (χ0n) is 12.1. The highest BCUT2D eigenvalue weighted by Crippen LogP contribution is 2.23. The quantitative estimate of drug-likeness (QED) is 0.812. The minimum absolute atomic E-state index is 0.470. The molecule has 2 aromatic carbocycles. The molecular weight excluding hydrogens is 230 g/mol. The highest BCUT2D eigenvalue weighted by atomic mass is 14.9. The highest BCUT2D eigenvalue weighted by Gasteiger charge is 2.07. The van der Waals surface area contributed by atoms with Crippen molar-refractivity contribution in [2.45, 2.75) is 33.2 Å². The maximum Gasteiger partial charge on any atom is 0.0317 e. The van der Waals surface area contributed by atoms with E-state index in [2.05, 4.69) is 74.6 Å².